The first-order valence-corrected chi connectivity index (χ1v) is 8.90. The molecule has 0 atom stereocenters. The predicted molar refractivity (Wildman–Crippen MR) is 96.6 cm³/mol. The molecule has 1 heterocycles. The number of amides is 1. The molecule has 0 spiro atoms. The Morgan fingerprint density at radius 1 is 1.11 bits per heavy atom. The highest BCUT2D eigenvalue weighted by Gasteiger charge is 2.30. The third kappa shape index (κ3) is 4.74. The van der Waals surface area contributed by atoms with Crippen molar-refractivity contribution in [1.82, 2.24) is 4.90 Å². The molecule has 1 aliphatic heterocycles. The second-order valence-corrected chi connectivity index (χ2v) is 6.80. The van der Waals surface area contributed by atoms with E-state index in [1.807, 2.05) is 4.90 Å². The van der Waals surface area contributed by atoms with Crippen LogP contribution in [0.25, 0.3) is 0 Å². The van der Waals surface area contributed by atoms with Gasteiger partial charge in [0.15, 0.2) is 0 Å². The first-order valence-electron chi connectivity index (χ1n) is 8.90. The smallest absolute Gasteiger partial charge is 0.416 e. The van der Waals surface area contributed by atoms with Crippen molar-refractivity contribution in [3.05, 3.63) is 65.5 Å². The molecule has 0 bridgehead atoms. The van der Waals surface area contributed by atoms with Crippen molar-refractivity contribution in [2.45, 2.75) is 31.6 Å². The highest BCUT2D eigenvalue weighted by Crippen LogP contribution is 2.30. The first-order chi connectivity index (χ1) is 13.2. The number of halogens is 4. The molecule has 8 heteroatoms. The Kier molecular flexibility index (Phi) is 5.76. The summed E-state index contributed by atoms with van der Waals surface area (Å²) in [6, 6.07) is 10.9. The van der Waals surface area contributed by atoms with E-state index in [0.717, 1.165) is 12.1 Å². The summed E-state index contributed by atoms with van der Waals surface area (Å²) in [7, 11) is 0. The lowest BCUT2D eigenvalue weighted by Gasteiger charge is -2.39. The summed E-state index contributed by atoms with van der Waals surface area (Å²) in [5.74, 6) is -0.405. The molecular weight excluding hydrogens is 376 g/mol. The Balaban J connectivity index is 1.82. The summed E-state index contributed by atoms with van der Waals surface area (Å²) in [4.78, 5) is 14.4. The average molecular weight is 396 g/mol. The Morgan fingerprint density at radius 2 is 1.75 bits per heavy atom. The van der Waals surface area contributed by atoms with Gasteiger partial charge in [0.1, 0.15) is 5.82 Å². The molecule has 2 aromatic rings. The summed E-state index contributed by atoms with van der Waals surface area (Å²) < 4.78 is 52.1. The van der Waals surface area contributed by atoms with E-state index in [-0.39, 0.29) is 6.04 Å². The molecule has 150 valence electrons. The SMILES string of the molecule is O=C(O)N1CCC(N(Cc2ccc(C(F)(F)F)cc2)c2cccc(F)c2)CC1. The number of carboxylic acid groups (broad SMARTS) is 1. The fourth-order valence-corrected chi connectivity index (χ4v) is 3.45. The molecule has 1 saturated heterocycles. The third-order valence-corrected chi connectivity index (χ3v) is 4.95. The van der Waals surface area contributed by atoms with E-state index >= 15 is 0 Å². The maximum Gasteiger partial charge on any atom is 0.416 e. The van der Waals surface area contributed by atoms with Crippen LogP contribution in [0, 0.1) is 5.82 Å². The minimum Gasteiger partial charge on any atom is -0.465 e. The lowest BCUT2D eigenvalue weighted by Crippen LogP contribution is -2.46. The number of rotatable bonds is 4. The Bertz CT molecular complexity index is 816. The zero-order valence-electron chi connectivity index (χ0n) is 15.0. The zero-order chi connectivity index (χ0) is 20.3. The van der Waals surface area contributed by atoms with Crippen molar-refractivity contribution < 1.29 is 27.5 Å². The molecule has 0 aromatic heterocycles. The van der Waals surface area contributed by atoms with Gasteiger partial charge in [-0.15, -0.1) is 0 Å². The van der Waals surface area contributed by atoms with Crippen LogP contribution in [-0.4, -0.2) is 35.2 Å². The Morgan fingerprint density at radius 3 is 2.29 bits per heavy atom. The fourth-order valence-electron chi connectivity index (χ4n) is 3.45. The molecule has 3 rings (SSSR count). The van der Waals surface area contributed by atoms with Crippen LogP contribution in [-0.2, 0) is 12.7 Å². The number of nitrogens with zero attached hydrogens (tertiary/aromatic N) is 2. The van der Waals surface area contributed by atoms with Gasteiger partial charge in [-0.1, -0.05) is 18.2 Å². The lowest BCUT2D eigenvalue weighted by molar-refractivity contribution is -0.137. The standard InChI is InChI=1S/C20H20F4N2O2/c21-16-2-1-3-18(12-16)26(17-8-10-25(11-9-17)19(27)28)13-14-4-6-15(7-5-14)20(22,23)24/h1-7,12,17H,8-11,13H2,(H,27,28). The van der Waals surface area contributed by atoms with Crippen LogP contribution in [0.1, 0.15) is 24.0 Å². The van der Waals surface area contributed by atoms with E-state index in [1.165, 1.54) is 29.2 Å². The topological polar surface area (TPSA) is 43.8 Å². The summed E-state index contributed by atoms with van der Waals surface area (Å²) in [5.41, 5.74) is 0.565. The third-order valence-electron chi connectivity index (χ3n) is 4.95. The molecule has 0 unspecified atom stereocenters. The van der Waals surface area contributed by atoms with Crippen LogP contribution >= 0.6 is 0 Å². The van der Waals surface area contributed by atoms with Crippen molar-refractivity contribution in [2.75, 3.05) is 18.0 Å². The van der Waals surface area contributed by atoms with Gasteiger partial charge in [-0.3, -0.25) is 0 Å². The van der Waals surface area contributed by atoms with Crippen LogP contribution in [0.15, 0.2) is 48.5 Å². The molecule has 28 heavy (non-hydrogen) atoms. The number of hydrogen-bond acceptors (Lipinski definition) is 2. The van der Waals surface area contributed by atoms with E-state index in [9.17, 15) is 22.4 Å². The van der Waals surface area contributed by atoms with Gasteiger partial charge in [-0.25, -0.2) is 9.18 Å². The van der Waals surface area contributed by atoms with Crippen molar-refractivity contribution in [1.29, 1.82) is 0 Å². The second-order valence-electron chi connectivity index (χ2n) is 6.80. The number of hydrogen-bond donors (Lipinski definition) is 1. The van der Waals surface area contributed by atoms with E-state index in [2.05, 4.69) is 0 Å². The Labute approximate surface area is 160 Å². The molecule has 0 radical (unpaired) electrons. The largest absolute Gasteiger partial charge is 0.465 e. The number of carbonyl (C=O) groups is 1. The summed E-state index contributed by atoms with van der Waals surface area (Å²) >= 11 is 0. The molecule has 4 nitrogen and oxygen atoms in total. The van der Waals surface area contributed by atoms with E-state index in [1.54, 1.807) is 12.1 Å². The average Bonchev–Trinajstić information content (AvgIpc) is 2.66. The maximum absolute atomic E-state index is 13.7. The van der Waals surface area contributed by atoms with Crippen LogP contribution in [0.5, 0.6) is 0 Å². The normalized spacial score (nSPS) is 15.5. The van der Waals surface area contributed by atoms with Crippen molar-refractivity contribution in [3.63, 3.8) is 0 Å². The number of anilines is 1. The van der Waals surface area contributed by atoms with Gasteiger partial charge in [0.2, 0.25) is 0 Å². The van der Waals surface area contributed by atoms with Crippen molar-refractivity contribution in [3.8, 4) is 0 Å². The van der Waals surface area contributed by atoms with Crippen molar-refractivity contribution >= 4 is 11.8 Å². The minimum absolute atomic E-state index is 0.0420. The fraction of sp³-hybridized carbons (Fsp3) is 0.350. The highest BCUT2D eigenvalue weighted by molar-refractivity contribution is 5.65. The van der Waals surface area contributed by atoms with Gasteiger partial charge in [-0.05, 0) is 48.7 Å². The van der Waals surface area contributed by atoms with Crippen LogP contribution in [0.2, 0.25) is 0 Å². The lowest BCUT2D eigenvalue weighted by atomic mass is 10.0. The van der Waals surface area contributed by atoms with Crippen molar-refractivity contribution in [2.24, 2.45) is 0 Å². The molecule has 0 aliphatic carbocycles. The van der Waals surface area contributed by atoms with Gasteiger partial charge >= 0.3 is 12.3 Å². The van der Waals surface area contributed by atoms with Crippen LogP contribution in [0.4, 0.5) is 28.0 Å². The van der Waals surface area contributed by atoms with Gasteiger partial charge in [0, 0.05) is 31.4 Å². The molecule has 1 fully saturated rings. The number of likely N-dealkylation sites (tertiary alicyclic amines) is 1. The number of benzene rings is 2. The number of piperidine rings is 1. The summed E-state index contributed by atoms with van der Waals surface area (Å²) in [6.07, 6.45) is -4.25. The van der Waals surface area contributed by atoms with Gasteiger partial charge in [0.05, 0.1) is 5.56 Å². The predicted octanol–water partition coefficient (Wildman–Crippen LogP) is 4.99. The first kappa shape index (κ1) is 20.0. The summed E-state index contributed by atoms with van der Waals surface area (Å²) in [6.45, 7) is 1.02. The van der Waals surface area contributed by atoms with Gasteiger partial charge in [0.25, 0.3) is 0 Å². The zero-order valence-corrected chi connectivity index (χ0v) is 15.0. The van der Waals surface area contributed by atoms with E-state index < -0.39 is 23.7 Å². The van der Waals surface area contributed by atoms with E-state index in [4.69, 9.17) is 5.11 Å². The quantitative estimate of drug-likeness (QED) is 0.741. The number of alkyl halides is 3. The monoisotopic (exact) mass is 396 g/mol. The van der Waals surface area contributed by atoms with Crippen LogP contribution in [0.3, 0.4) is 0 Å². The van der Waals surface area contributed by atoms with Crippen LogP contribution < -0.4 is 4.90 Å². The maximum atomic E-state index is 13.7. The highest BCUT2D eigenvalue weighted by atomic mass is 19.4. The molecule has 0 saturated carbocycles. The van der Waals surface area contributed by atoms with Gasteiger partial charge < -0.3 is 14.9 Å². The minimum atomic E-state index is -4.40. The molecule has 1 N–H and O–H groups in total. The Hall–Kier alpha value is -2.77. The molecule has 2 aromatic carbocycles. The summed E-state index contributed by atoms with van der Waals surface area (Å²) in [5, 5.41) is 9.11. The van der Waals surface area contributed by atoms with Gasteiger partial charge in [-0.2, -0.15) is 13.2 Å². The second kappa shape index (κ2) is 8.08. The molecular formula is C20H20F4N2O2. The molecule has 1 amide bonds. The van der Waals surface area contributed by atoms with E-state index in [0.29, 0.717) is 43.7 Å². The molecule has 1 aliphatic rings.